The van der Waals surface area contributed by atoms with Crippen LogP contribution in [0.25, 0.3) is 0 Å². The SMILES string of the molecule is C[Si](C)(C)OSC(F)(F)F. The number of hydrogen-bond donors (Lipinski definition) is 0. The Morgan fingerprint density at radius 1 is 1.20 bits per heavy atom. The van der Waals surface area contributed by atoms with Crippen molar-refractivity contribution in [3.63, 3.8) is 0 Å². The Morgan fingerprint density at radius 3 is 1.70 bits per heavy atom. The van der Waals surface area contributed by atoms with E-state index < -0.39 is 25.9 Å². The highest BCUT2D eigenvalue weighted by molar-refractivity contribution is 7.96. The second-order valence-electron chi connectivity index (χ2n) is 2.72. The van der Waals surface area contributed by atoms with Crippen molar-refractivity contribution in [1.82, 2.24) is 0 Å². The Kier molecular flexibility index (Phi) is 3.24. The van der Waals surface area contributed by atoms with Gasteiger partial charge in [0.2, 0.25) is 8.32 Å². The number of halogens is 3. The molecule has 0 aromatic heterocycles. The van der Waals surface area contributed by atoms with Gasteiger partial charge in [-0.25, -0.2) is 0 Å². The van der Waals surface area contributed by atoms with Crippen LogP contribution in [0.15, 0.2) is 0 Å². The van der Waals surface area contributed by atoms with Gasteiger partial charge in [-0.3, -0.25) is 0 Å². The molecule has 6 heteroatoms. The lowest BCUT2D eigenvalue weighted by molar-refractivity contribution is -0.0371. The standard InChI is InChI=1S/C4H9F3OSSi/c1-10(2,3)8-9-4(5,6)7/h1-3H3. The van der Waals surface area contributed by atoms with Crippen LogP contribution in [0, 0.1) is 0 Å². The van der Waals surface area contributed by atoms with Crippen molar-refractivity contribution in [2.45, 2.75) is 25.1 Å². The lowest BCUT2D eigenvalue weighted by Gasteiger charge is -2.15. The minimum Gasteiger partial charge on any atom is -0.351 e. The van der Waals surface area contributed by atoms with Gasteiger partial charge in [-0.05, 0) is 19.6 Å². The first kappa shape index (κ1) is 10.3. The molecule has 0 saturated heterocycles. The lowest BCUT2D eigenvalue weighted by atomic mass is 11.6. The quantitative estimate of drug-likeness (QED) is 0.489. The van der Waals surface area contributed by atoms with Crippen LogP contribution in [-0.2, 0) is 3.87 Å². The van der Waals surface area contributed by atoms with Gasteiger partial charge in [0.15, 0.2) is 0 Å². The molecule has 0 aliphatic rings. The Bertz CT molecular complexity index is 94.1. The van der Waals surface area contributed by atoms with Crippen molar-refractivity contribution < 1.29 is 17.0 Å². The molecule has 0 atom stereocenters. The summed E-state index contributed by atoms with van der Waals surface area (Å²) in [6.45, 7) is 5.10. The maximum Gasteiger partial charge on any atom is 0.466 e. The summed E-state index contributed by atoms with van der Waals surface area (Å²) in [5.74, 6) is 0. The molecule has 0 heterocycles. The molecule has 0 radical (unpaired) electrons. The summed E-state index contributed by atoms with van der Waals surface area (Å²) >= 11 is -0.398. The highest BCUT2D eigenvalue weighted by atomic mass is 32.2. The van der Waals surface area contributed by atoms with E-state index in [0.717, 1.165) is 0 Å². The summed E-state index contributed by atoms with van der Waals surface area (Å²) in [6.07, 6.45) is 0. The molecule has 0 spiro atoms. The first-order chi connectivity index (χ1) is 4.21. The number of alkyl halides is 3. The van der Waals surface area contributed by atoms with Crippen LogP contribution in [0.1, 0.15) is 0 Å². The molecule has 0 N–H and O–H groups in total. The highest BCUT2D eigenvalue weighted by Gasteiger charge is 2.32. The third kappa shape index (κ3) is 8.32. The van der Waals surface area contributed by atoms with Crippen LogP contribution in [-0.4, -0.2) is 13.8 Å². The average Bonchev–Trinajstić information content (AvgIpc) is 1.57. The molecule has 0 saturated carbocycles. The van der Waals surface area contributed by atoms with Crippen LogP contribution >= 0.6 is 12.0 Å². The maximum absolute atomic E-state index is 11.4. The largest absolute Gasteiger partial charge is 0.466 e. The smallest absolute Gasteiger partial charge is 0.351 e. The van der Waals surface area contributed by atoms with E-state index in [9.17, 15) is 13.2 Å². The Balaban J connectivity index is 3.56. The minimum absolute atomic E-state index is 0.398. The third-order valence-corrected chi connectivity index (χ3v) is 2.91. The molecule has 0 fully saturated rings. The molecule has 0 aliphatic heterocycles. The van der Waals surface area contributed by atoms with E-state index in [4.69, 9.17) is 0 Å². The van der Waals surface area contributed by atoms with Gasteiger partial charge in [-0.2, -0.15) is 13.2 Å². The summed E-state index contributed by atoms with van der Waals surface area (Å²) in [7, 11) is -2.02. The predicted octanol–water partition coefficient (Wildman–Crippen LogP) is 3.01. The lowest BCUT2D eigenvalue weighted by Crippen LogP contribution is -2.23. The van der Waals surface area contributed by atoms with Gasteiger partial charge in [0.1, 0.15) is 0 Å². The van der Waals surface area contributed by atoms with Gasteiger partial charge in [0, 0.05) is 0 Å². The molecule has 0 rings (SSSR count). The normalized spacial score (nSPS) is 13.8. The predicted molar refractivity (Wildman–Crippen MR) is 38.1 cm³/mol. The number of hydrogen-bond acceptors (Lipinski definition) is 2. The van der Waals surface area contributed by atoms with Gasteiger partial charge in [-0.1, -0.05) is 0 Å². The molecular weight excluding hydrogens is 181 g/mol. The van der Waals surface area contributed by atoms with E-state index in [1.54, 1.807) is 19.6 Å². The molecule has 0 aliphatic carbocycles. The fourth-order valence-electron chi connectivity index (χ4n) is 0.172. The van der Waals surface area contributed by atoms with Crippen LogP contribution in [0.3, 0.4) is 0 Å². The van der Waals surface area contributed by atoms with E-state index in [2.05, 4.69) is 3.87 Å². The van der Waals surface area contributed by atoms with Crippen LogP contribution < -0.4 is 0 Å². The van der Waals surface area contributed by atoms with Crippen molar-refractivity contribution in [2.75, 3.05) is 0 Å². The maximum atomic E-state index is 11.4. The summed E-state index contributed by atoms with van der Waals surface area (Å²) in [4.78, 5) is 0. The van der Waals surface area contributed by atoms with Crippen LogP contribution in [0.4, 0.5) is 13.2 Å². The Morgan fingerprint density at radius 2 is 1.60 bits per heavy atom. The van der Waals surface area contributed by atoms with E-state index in [1.165, 1.54) is 0 Å². The molecule has 0 aromatic carbocycles. The fourth-order valence-corrected chi connectivity index (χ4v) is 1.55. The summed E-state index contributed by atoms with van der Waals surface area (Å²) in [6, 6.07) is 0. The first-order valence-electron chi connectivity index (χ1n) is 2.64. The molecule has 0 aromatic rings. The Labute approximate surface area is 63.3 Å². The third-order valence-electron chi connectivity index (χ3n) is 0.386. The molecule has 62 valence electrons. The molecule has 0 bridgehead atoms. The average molecular weight is 190 g/mol. The summed E-state index contributed by atoms with van der Waals surface area (Å²) in [5.41, 5.74) is -4.26. The topological polar surface area (TPSA) is 9.23 Å². The molecular formula is C4H9F3OSSi. The Hall–Kier alpha value is 0.317. The molecule has 10 heavy (non-hydrogen) atoms. The van der Waals surface area contributed by atoms with E-state index in [1.807, 2.05) is 0 Å². The summed E-state index contributed by atoms with van der Waals surface area (Å²) in [5, 5.41) is 0. The monoisotopic (exact) mass is 190 g/mol. The zero-order chi connectivity index (χ0) is 8.41. The first-order valence-corrected chi connectivity index (χ1v) is 6.79. The van der Waals surface area contributed by atoms with Crippen LogP contribution in [0.2, 0.25) is 19.6 Å². The van der Waals surface area contributed by atoms with Crippen molar-refractivity contribution in [3.05, 3.63) is 0 Å². The molecule has 1 nitrogen and oxygen atoms in total. The van der Waals surface area contributed by atoms with Gasteiger partial charge in [0.05, 0.1) is 12.0 Å². The molecule has 0 unspecified atom stereocenters. The van der Waals surface area contributed by atoms with Crippen molar-refractivity contribution in [2.24, 2.45) is 0 Å². The van der Waals surface area contributed by atoms with Crippen molar-refractivity contribution >= 4 is 20.4 Å². The molecule has 0 amide bonds. The fraction of sp³-hybridized carbons (Fsp3) is 1.00. The minimum atomic E-state index is -4.26. The van der Waals surface area contributed by atoms with Gasteiger partial charge >= 0.3 is 5.51 Å². The number of rotatable bonds is 2. The summed E-state index contributed by atoms with van der Waals surface area (Å²) < 4.78 is 38.9. The van der Waals surface area contributed by atoms with Crippen molar-refractivity contribution in [1.29, 1.82) is 0 Å². The van der Waals surface area contributed by atoms with E-state index in [-0.39, 0.29) is 0 Å². The van der Waals surface area contributed by atoms with Gasteiger partial charge in [0.25, 0.3) is 0 Å². The van der Waals surface area contributed by atoms with E-state index in [0.29, 0.717) is 0 Å². The van der Waals surface area contributed by atoms with Gasteiger partial charge in [-0.15, -0.1) is 0 Å². The zero-order valence-electron chi connectivity index (χ0n) is 5.95. The van der Waals surface area contributed by atoms with Crippen LogP contribution in [0.5, 0.6) is 0 Å². The second kappa shape index (κ2) is 3.14. The van der Waals surface area contributed by atoms with Gasteiger partial charge < -0.3 is 3.87 Å². The highest BCUT2D eigenvalue weighted by Crippen LogP contribution is 2.33. The van der Waals surface area contributed by atoms with E-state index >= 15 is 0 Å². The van der Waals surface area contributed by atoms with Crippen molar-refractivity contribution in [3.8, 4) is 0 Å². The zero-order valence-corrected chi connectivity index (χ0v) is 7.77. The second-order valence-corrected chi connectivity index (χ2v) is 8.25.